The van der Waals surface area contributed by atoms with Gasteiger partial charge in [-0.2, -0.15) is 0 Å². The lowest BCUT2D eigenvalue weighted by atomic mass is 10.1. The number of nitrogens with one attached hydrogen (secondary N) is 1. The molecule has 36 heavy (non-hydrogen) atoms. The Bertz CT molecular complexity index is 1520. The van der Waals surface area contributed by atoms with E-state index in [-0.39, 0.29) is 29.2 Å². The summed E-state index contributed by atoms with van der Waals surface area (Å²) in [5.74, 6) is -1.79. The molecule has 1 aromatic heterocycles. The van der Waals surface area contributed by atoms with Crippen molar-refractivity contribution in [3.05, 3.63) is 107 Å². The van der Waals surface area contributed by atoms with E-state index in [9.17, 15) is 24.3 Å². The Labute approximate surface area is 210 Å². The number of carbonyl (C=O) groups excluding carboxylic acids is 3. The molecule has 8 nitrogen and oxygen atoms in total. The number of thioether (sulfide) groups is 1. The second kappa shape index (κ2) is 9.63. The fourth-order valence-corrected chi connectivity index (χ4v) is 4.82. The Morgan fingerprint density at radius 2 is 1.72 bits per heavy atom. The Morgan fingerprint density at radius 1 is 0.944 bits per heavy atom. The average molecular weight is 498 g/mol. The van der Waals surface area contributed by atoms with Gasteiger partial charge in [0.2, 0.25) is 5.91 Å². The number of benzene rings is 3. The minimum atomic E-state index is -1.09. The van der Waals surface area contributed by atoms with Crippen molar-refractivity contribution in [1.82, 2.24) is 10.3 Å². The quantitative estimate of drug-likeness (QED) is 0.393. The SMILES string of the molecule is O=C1NC(=O)C(c2ccc(CN(C(=O)c3cnc4ccccc4c3)c3cccc(C(=O)O)c3)cc2)S1. The van der Waals surface area contributed by atoms with Crippen molar-refractivity contribution in [3.8, 4) is 0 Å². The summed E-state index contributed by atoms with van der Waals surface area (Å²) in [6.07, 6.45) is 1.51. The van der Waals surface area contributed by atoms with Crippen LogP contribution in [0.25, 0.3) is 10.9 Å². The molecule has 1 unspecified atom stereocenters. The van der Waals surface area contributed by atoms with Gasteiger partial charge in [0, 0.05) is 17.3 Å². The molecule has 1 atom stereocenters. The molecule has 0 aliphatic carbocycles. The summed E-state index contributed by atoms with van der Waals surface area (Å²) in [7, 11) is 0. The van der Waals surface area contributed by atoms with E-state index in [1.807, 2.05) is 24.3 Å². The largest absolute Gasteiger partial charge is 0.478 e. The van der Waals surface area contributed by atoms with Crippen LogP contribution in [0.15, 0.2) is 85.1 Å². The number of pyridine rings is 1. The third-order valence-corrected chi connectivity index (χ3v) is 6.84. The van der Waals surface area contributed by atoms with Crippen LogP contribution in [0.2, 0.25) is 0 Å². The second-order valence-corrected chi connectivity index (χ2v) is 9.26. The molecule has 0 saturated carbocycles. The monoisotopic (exact) mass is 497 g/mol. The summed E-state index contributed by atoms with van der Waals surface area (Å²) in [5, 5.41) is 11.6. The Balaban J connectivity index is 1.49. The topological polar surface area (TPSA) is 117 Å². The predicted molar refractivity (Wildman–Crippen MR) is 136 cm³/mol. The highest BCUT2D eigenvalue weighted by atomic mass is 32.2. The summed E-state index contributed by atoms with van der Waals surface area (Å²) in [4.78, 5) is 54.6. The van der Waals surface area contributed by atoms with Gasteiger partial charge in [-0.05, 0) is 53.2 Å². The fourth-order valence-electron chi connectivity index (χ4n) is 3.99. The number of para-hydroxylation sites is 1. The normalized spacial score (nSPS) is 15.1. The van der Waals surface area contributed by atoms with Crippen molar-refractivity contribution in [1.29, 1.82) is 0 Å². The molecule has 3 aromatic carbocycles. The highest BCUT2D eigenvalue weighted by Gasteiger charge is 2.32. The van der Waals surface area contributed by atoms with Crippen LogP contribution in [-0.2, 0) is 11.3 Å². The zero-order chi connectivity index (χ0) is 25.2. The van der Waals surface area contributed by atoms with Crippen LogP contribution in [-0.4, -0.2) is 33.1 Å². The molecule has 1 aliphatic heterocycles. The number of aromatic carboxylic acids is 1. The first-order chi connectivity index (χ1) is 17.4. The third-order valence-electron chi connectivity index (χ3n) is 5.80. The standard InChI is InChI=1S/C27H19N3O5S/c31-24-23(36-27(35)29-24)17-10-8-16(9-11-17)15-30(21-6-3-5-19(13-21)26(33)34)25(32)20-12-18-4-1-2-7-22(18)28-14-20/h1-14,23H,15H2,(H,33,34)(H,29,31,35). The number of carboxylic acids is 1. The van der Waals surface area contributed by atoms with Crippen molar-refractivity contribution in [2.45, 2.75) is 11.8 Å². The van der Waals surface area contributed by atoms with Gasteiger partial charge in [0.1, 0.15) is 5.25 Å². The lowest BCUT2D eigenvalue weighted by molar-refractivity contribution is -0.119. The Hall–Kier alpha value is -4.50. The molecule has 1 saturated heterocycles. The highest BCUT2D eigenvalue weighted by molar-refractivity contribution is 8.15. The zero-order valence-corrected chi connectivity index (χ0v) is 19.6. The van der Waals surface area contributed by atoms with Gasteiger partial charge in [0.15, 0.2) is 0 Å². The van der Waals surface area contributed by atoms with Crippen LogP contribution >= 0.6 is 11.8 Å². The average Bonchev–Trinajstić information content (AvgIpc) is 3.24. The van der Waals surface area contributed by atoms with E-state index in [0.717, 1.165) is 28.2 Å². The molecule has 178 valence electrons. The number of imide groups is 1. The number of nitrogens with zero attached hydrogens (tertiary/aromatic N) is 2. The number of rotatable bonds is 6. The van der Waals surface area contributed by atoms with E-state index in [1.165, 1.54) is 23.2 Å². The van der Waals surface area contributed by atoms with Crippen LogP contribution in [0, 0.1) is 0 Å². The number of carboxylic acid groups (broad SMARTS) is 1. The minimum Gasteiger partial charge on any atom is -0.478 e. The van der Waals surface area contributed by atoms with Crippen molar-refractivity contribution in [2.24, 2.45) is 0 Å². The third kappa shape index (κ3) is 4.69. The first kappa shape index (κ1) is 23.3. The summed E-state index contributed by atoms with van der Waals surface area (Å²) in [5.41, 5.74) is 3.05. The van der Waals surface area contributed by atoms with Crippen molar-refractivity contribution < 1.29 is 24.3 Å². The van der Waals surface area contributed by atoms with Crippen LogP contribution < -0.4 is 10.2 Å². The van der Waals surface area contributed by atoms with Gasteiger partial charge in [-0.1, -0.05) is 48.5 Å². The van der Waals surface area contributed by atoms with Gasteiger partial charge in [-0.25, -0.2) is 4.79 Å². The molecule has 4 aromatic rings. The van der Waals surface area contributed by atoms with Crippen LogP contribution in [0.4, 0.5) is 10.5 Å². The number of amides is 3. The predicted octanol–water partition coefficient (Wildman–Crippen LogP) is 4.80. The number of anilines is 1. The molecule has 1 fully saturated rings. The molecular weight excluding hydrogens is 478 g/mol. The first-order valence-corrected chi connectivity index (χ1v) is 11.9. The van der Waals surface area contributed by atoms with E-state index in [4.69, 9.17) is 0 Å². The number of hydrogen-bond donors (Lipinski definition) is 2. The lowest BCUT2D eigenvalue weighted by Crippen LogP contribution is -2.30. The maximum absolute atomic E-state index is 13.7. The minimum absolute atomic E-state index is 0.0613. The molecular formula is C27H19N3O5S. The summed E-state index contributed by atoms with van der Waals surface area (Å²) < 4.78 is 0. The van der Waals surface area contributed by atoms with E-state index in [1.54, 1.807) is 42.5 Å². The van der Waals surface area contributed by atoms with Crippen molar-refractivity contribution >= 4 is 51.4 Å². The van der Waals surface area contributed by atoms with Gasteiger partial charge < -0.3 is 10.0 Å². The maximum Gasteiger partial charge on any atom is 0.335 e. The number of carbonyl (C=O) groups is 4. The lowest BCUT2D eigenvalue weighted by Gasteiger charge is -2.24. The Morgan fingerprint density at radius 3 is 2.44 bits per heavy atom. The molecule has 0 radical (unpaired) electrons. The summed E-state index contributed by atoms with van der Waals surface area (Å²) in [6, 6.07) is 22.5. The molecule has 0 bridgehead atoms. The van der Waals surface area contributed by atoms with Gasteiger partial charge in [0.25, 0.3) is 11.1 Å². The molecule has 2 N–H and O–H groups in total. The fraction of sp³-hybridized carbons (Fsp3) is 0.0741. The smallest absolute Gasteiger partial charge is 0.335 e. The van der Waals surface area contributed by atoms with Crippen molar-refractivity contribution in [2.75, 3.05) is 4.90 Å². The summed E-state index contributed by atoms with van der Waals surface area (Å²) >= 11 is 0.924. The maximum atomic E-state index is 13.7. The number of fused-ring (bicyclic) bond motifs is 1. The van der Waals surface area contributed by atoms with Gasteiger partial charge in [0.05, 0.1) is 23.2 Å². The Kier molecular flexibility index (Phi) is 6.22. The molecule has 1 aliphatic rings. The highest BCUT2D eigenvalue weighted by Crippen LogP contribution is 2.34. The van der Waals surface area contributed by atoms with Crippen LogP contribution in [0.3, 0.4) is 0 Å². The van der Waals surface area contributed by atoms with E-state index >= 15 is 0 Å². The first-order valence-electron chi connectivity index (χ1n) is 11.0. The second-order valence-electron chi connectivity index (χ2n) is 8.18. The molecule has 0 spiro atoms. The summed E-state index contributed by atoms with van der Waals surface area (Å²) in [6.45, 7) is 0.151. The molecule has 3 amide bonds. The van der Waals surface area contributed by atoms with Gasteiger partial charge >= 0.3 is 5.97 Å². The molecule has 5 rings (SSSR count). The zero-order valence-electron chi connectivity index (χ0n) is 18.8. The molecule has 2 heterocycles. The van der Waals surface area contributed by atoms with Crippen molar-refractivity contribution in [3.63, 3.8) is 0 Å². The van der Waals surface area contributed by atoms with Gasteiger partial charge in [-0.3, -0.25) is 24.7 Å². The number of aromatic nitrogens is 1. The van der Waals surface area contributed by atoms with E-state index in [0.29, 0.717) is 16.8 Å². The van der Waals surface area contributed by atoms with Crippen LogP contribution in [0.1, 0.15) is 37.1 Å². The van der Waals surface area contributed by atoms with E-state index in [2.05, 4.69) is 10.3 Å². The van der Waals surface area contributed by atoms with Gasteiger partial charge in [-0.15, -0.1) is 0 Å². The molecule has 9 heteroatoms. The van der Waals surface area contributed by atoms with Crippen LogP contribution in [0.5, 0.6) is 0 Å². The number of hydrogen-bond acceptors (Lipinski definition) is 6. The van der Waals surface area contributed by atoms with E-state index < -0.39 is 11.2 Å².